The summed E-state index contributed by atoms with van der Waals surface area (Å²) >= 11 is 0. The number of furan rings is 1. The Hall–Kier alpha value is -1.81. The van der Waals surface area contributed by atoms with Crippen molar-refractivity contribution in [2.75, 3.05) is 6.54 Å². The van der Waals surface area contributed by atoms with Crippen molar-refractivity contribution < 1.29 is 9.15 Å². The molecule has 19 heavy (non-hydrogen) atoms. The van der Waals surface area contributed by atoms with E-state index in [1.807, 2.05) is 32.0 Å². The molecule has 2 heterocycles. The van der Waals surface area contributed by atoms with E-state index in [-0.39, 0.29) is 0 Å². The van der Waals surface area contributed by atoms with E-state index >= 15 is 0 Å². The van der Waals surface area contributed by atoms with Gasteiger partial charge in [0.1, 0.15) is 23.9 Å². The molecule has 0 saturated heterocycles. The minimum Gasteiger partial charge on any atom is -0.484 e. The quantitative estimate of drug-likeness (QED) is 0.867. The predicted molar refractivity (Wildman–Crippen MR) is 74.1 cm³/mol. The lowest BCUT2D eigenvalue weighted by Gasteiger charge is -2.03. The van der Waals surface area contributed by atoms with E-state index in [2.05, 4.69) is 17.2 Å². The van der Waals surface area contributed by atoms with Crippen molar-refractivity contribution in [2.45, 2.75) is 33.9 Å². The largest absolute Gasteiger partial charge is 0.484 e. The Bertz CT molecular complexity index is 517. The van der Waals surface area contributed by atoms with Gasteiger partial charge in [0.15, 0.2) is 0 Å². The standard InChI is InChI=1S/C15H20N2O2/c1-4-16-9-15-11(2)7-14(19-15)10-18-13-6-5-12(3)17-8-13/h5-8,16H,4,9-10H2,1-3H3. The first-order valence-electron chi connectivity index (χ1n) is 6.53. The highest BCUT2D eigenvalue weighted by Crippen LogP contribution is 2.17. The van der Waals surface area contributed by atoms with Crippen LogP contribution in [0.1, 0.15) is 29.7 Å². The van der Waals surface area contributed by atoms with Crippen molar-refractivity contribution in [3.05, 3.63) is 47.2 Å². The summed E-state index contributed by atoms with van der Waals surface area (Å²) < 4.78 is 11.4. The topological polar surface area (TPSA) is 47.3 Å². The van der Waals surface area contributed by atoms with E-state index < -0.39 is 0 Å². The molecular formula is C15H20N2O2. The first-order chi connectivity index (χ1) is 9.19. The van der Waals surface area contributed by atoms with Crippen molar-refractivity contribution in [3.63, 3.8) is 0 Å². The number of aryl methyl sites for hydroxylation is 2. The van der Waals surface area contributed by atoms with Crippen LogP contribution in [0.2, 0.25) is 0 Å². The zero-order valence-electron chi connectivity index (χ0n) is 11.7. The molecule has 0 aliphatic rings. The van der Waals surface area contributed by atoms with Gasteiger partial charge in [-0.25, -0.2) is 0 Å². The molecule has 2 aromatic heterocycles. The Morgan fingerprint density at radius 1 is 1.32 bits per heavy atom. The van der Waals surface area contributed by atoms with Gasteiger partial charge in [-0.15, -0.1) is 0 Å². The molecule has 0 aliphatic heterocycles. The number of nitrogens with one attached hydrogen (secondary N) is 1. The average molecular weight is 260 g/mol. The molecule has 0 aliphatic carbocycles. The Balaban J connectivity index is 1.94. The van der Waals surface area contributed by atoms with E-state index in [1.165, 1.54) is 0 Å². The number of pyridine rings is 1. The monoisotopic (exact) mass is 260 g/mol. The van der Waals surface area contributed by atoms with Crippen LogP contribution in [-0.2, 0) is 13.2 Å². The molecular weight excluding hydrogens is 240 g/mol. The summed E-state index contributed by atoms with van der Waals surface area (Å²) in [6.45, 7) is 8.19. The molecule has 102 valence electrons. The number of aromatic nitrogens is 1. The molecule has 0 radical (unpaired) electrons. The maximum Gasteiger partial charge on any atom is 0.146 e. The van der Waals surface area contributed by atoms with Gasteiger partial charge in [0.05, 0.1) is 12.7 Å². The van der Waals surface area contributed by atoms with Crippen molar-refractivity contribution >= 4 is 0 Å². The van der Waals surface area contributed by atoms with Gasteiger partial charge in [0.25, 0.3) is 0 Å². The molecule has 2 rings (SSSR count). The molecule has 2 aromatic rings. The molecule has 0 fully saturated rings. The van der Waals surface area contributed by atoms with Crippen LogP contribution in [0.15, 0.2) is 28.8 Å². The van der Waals surface area contributed by atoms with E-state index in [9.17, 15) is 0 Å². The number of hydrogen-bond acceptors (Lipinski definition) is 4. The third-order valence-corrected chi connectivity index (χ3v) is 2.87. The van der Waals surface area contributed by atoms with Crippen molar-refractivity contribution in [2.24, 2.45) is 0 Å². The second-order valence-corrected chi connectivity index (χ2v) is 4.52. The van der Waals surface area contributed by atoms with Crippen molar-refractivity contribution in [3.8, 4) is 5.75 Å². The summed E-state index contributed by atoms with van der Waals surface area (Å²) in [5.74, 6) is 2.57. The third-order valence-electron chi connectivity index (χ3n) is 2.87. The molecule has 0 saturated carbocycles. The van der Waals surface area contributed by atoms with Crippen LogP contribution in [0.4, 0.5) is 0 Å². The lowest BCUT2D eigenvalue weighted by Crippen LogP contribution is -2.11. The number of rotatable bonds is 6. The molecule has 0 amide bonds. The summed E-state index contributed by atoms with van der Waals surface area (Å²) in [6, 6.07) is 5.87. The van der Waals surface area contributed by atoms with Crippen LogP contribution < -0.4 is 10.1 Å². The minimum atomic E-state index is 0.428. The van der Waals surface area contributed by atoms with E-state index in [0.29, 0.717) is 6.61 Å². The van der Waals surface area contributed by atoms with Crippen LogP contribution in [0.3, 0.4) is 0 Å². The van der Waals surface area contributed by atoms with Crippen molar-refractivity contribution in [1.29, 1.82) is 0 Å². The summed E-state index contributed by atoms with van der Waals surface area (Å²) in [5, 5.41) is 3.25. The predicted octanol–water partition coefficient (Wildman–Crippen LogP) is 2.98. The highest BCUT2D eigenvalue weighted by atomic mass is 16.5. The van der Waals surface area contributed by atoms with E-state index in [1.54, 1.807) is 6.20 Å². The van der Waals surface area contributed by atoms with Crippen molar-refractivity contribution in [1.82, 2.24) is 10.3 Å². The van der Waals surface area contributed by atoms with Gasteiger partial charge in [0.2, 0.25) is 0 Å². The Morgan fingerprint density at radius 2 is 2.16 bits per heavy atom. The highest BCUT2D eigenvalue weighted by Gasteiger charge is 2.07. The van der Waals surface area contributed by atoms with Gasteiger partial charge in [-0.3, -0.25) is 4.98 Å². The highest BCUT2D eigenvalue weighted by molar-refractivity contribution is 5.22. The zero-order valence-corrected chi connectivity index (χ0v) is 11.7. The van der Waals surface area contributed by atoms with Crippen LogP contribution in [0, 0.1) is 13.8 Å². The smallest absolute Gasteiger partial charge is 0.146 e. The fourth-order valence-corrected chi connectivity index (χ4v) is 1.77. The van der Waals surface area contributed by atoms with Gasteiger partial charge in [-0.2, -0.15) is 0 Å². The molecule has 0 unspecified atom stereocenters. The van der Waals surface area contributed by atoms with E-state index in [4.69, 9.17) is 9.15 Å². The lowest BCUT2D eigenvalue weighted by atomic mass is 10.2. The number of nitrogens with zero attached hydrogens (tertiary/aromatic N) is 1. The molecule has 0 aromatic carbocycles. The van der Waals surface area contributed by atoms with Crippen LogP contribution >= 0.6 is 0 Å². The average Bonchev–Trinajstić information content (AvgIpc) is 2.76. The lowest BCUT2D eigenvalue weighted by molar-refractivity contribution is 0.264. The fraction of sp³-hybridized carbons (Fsp3) is 0.400. The first kappa shape index (κ1) is 13.6. The number of ether oxygens (including phenoxy) is 1. The molecule has 1 N–H and O–H groups in total. The van der Waals surface area contributed by atoms with Gasteiger partial charge in [-0.05, 0) is 44.2 Å². The van der Waals surface area contributed by atoms with Crippen LogP contribution in [-0.4, -0.2) is 11.5 Å². The third kappa shape index (κ3) is 3.83. The summed E-state index contributed by atoms with van der Waals surface area (Å²) in [4.78, 5) is 4.19. The maximum atomic E-state index is 5.75. The molecule has 4 heteroatoms. The Kier molecular flexibility index (Phi) is 4.58. The molecule has 0 bridgehead atoms. The molecule has 0 spiro atoms. The first-order valence-corrected chi connectivity index (χ1v) is 6.53. The summed E-state index contributed by atoms with van der Waals surface area (Å²) in [5.41, 5.74) is 2.13. The van der Waals surface area contributed by atoms with Gasteiger partial charge in [-0.1, -0.05) is 6.92 Å². The minimum absolute atomic E-state index is 0.428. The Morgan fingerprint density at radius 3 is 2.84 bits per heavy atom. The molecule has 0 atom stereocenters. The van der Waals surface area contributed by atoms with Gasteiger partial charge >= 0.3 is 0 Å². The zero-order chi connectivity index (χ0) is 13.7. The van der Waals surface area contributed by atoms with Crippen LogP contribution in [0.5, 0.6) is 5.75 Å². The second kappa shape index (κ2) is 6.38. The molecule has 4 nitrogen and oxygen atoms in total. The maximum absolute atomic E-state index is 5.75. The van der Waals surface area contributed by atoms with E-state index in [0.717, 1.165) is 41.6 Å². The number of hydrogen-bond donors (Lipinski definition) is 1. The van der Waals surface area contributed by atoms with Gasteiger partial charge < -0.3 is 14.5 Å². The normalized spacial score (nSPS) is 10.7. The summed E-state index contributed by atoms with van der Waals surface area (Å²) in [7, 11) is 0. The SMILES string of the molecule is CCNCc1oc(COc2ccc(C)nc2)cc1C. The fourth-order valence-electron chi connectivity index (χ4n) is 1.77. The Labute approximate surface area is 113 Å². The van der Waals surface area contributed by atoms with Crippen LogP contribution in [0.25, 0.3) is 0 Å². The summed E-state index contributed by atoms with van der Waals surface area (Å²) in [6.07, 6.45) is 1.73. The van der Waals surface area contributed by atoms with Gasteiger partial charge in [0, 0.05) is 5.69 Å². The second-order valence-electron chi connectivity index (χ2n) is 4.52.